The molecule has 0 aliphatic heterocycles. The summed E-state index contributed by atoms with van der Waals surface area (Å²) in [6.07, 6.45) is 9.81. The molecule has 0 saturated heterocycles. The van der Waals surface area contributed by atoms with Gasteiger partial charge in [-0.1, -0.05) is 100 Å². The van der Waals surface area contributed by atoms with E-state index in [0.29, 0.717) is 0 Å². The Bertz CT molecular complexity index is 1110. The third-order valence-corrected chi connectivity index (χ3v) is 11.6. The van der Waals surface area contributed by atoms with Crippen molar-refractivity contribution in [2.45, 2.75) is 58.0 Å². The molecule has 0 atom stereocenters. The summed E-state index contributed by atoms with van der Waals surface area (Å²) < 4.78 is 12.2. The fourth-order valence-corrected chi connectivity index (χ4v) is 9.46. The maximum atomic E-state index is 6.48. The van der Waals surface area contributed by atoms with Gasteiger partial charge in [0.2, 0.25) is 0 Å². The van der Waals surface area contributed by atoms with Gasteiger partial charge in [0.05, 0.1) is 13.7 Å². The molecule has 0 aliphatic carbocycles. The summed E-state index contributed by atoms with van der Waals surface area (Å²) in [6, 6.07) is 39.4. The van der Waals surface area contributed by atoms with E-state index in [9.17, 15) is 0 Å². The molecule has 0 N–H and O–H groups in total. The SMILES string of the molecule is CCCCCCCCCOc1ccc(OC)cc1C[P+](c1ccccc1)(c1ccccc1)c1ccccc1. The van der Waals surface area contributed by atoms with Crippen LogP contribution in [0.1, 0.15) is 57.4 Å². The van der Waals surface area contributed by atoms with E-state index in [-0.39, 0.29) is 0 Å². The summed E-state index contributed by atoms with van der Waals surface area (Å²) in [6.45, 7) is 3.02. The van der Waals surface area contributed by atoms with Crippen LogP contribution < -0.4 is 25.4 Å². The smallest absolute Gasteiger partial charge is 0.126 e. The highest BCUT2D eigenvalue weighted by Gasteiger charge is 2.46. The standard InChI is InChI=1S/C35H42O2P/c1-3-4-5-6-7-8-18-27-37-35-26-25-31(36-2)28-30(35)29-38(32-19-12-9-13-20-32,33-21-14-10-15-22-33)34-23-16-11-17-24-34/h9-17,19-26,28H,3-8,18,27,29H2,1-2H3/q+1. The maximum Gasteiger partial charge on any atom is 0.126 e. The van der Waals surface area contributed by atoms with Gasteiger partial charge in [-0.25, -0.2) is 0 Å². The van der Waals surface area contributed by atoms with Crippen LogP contribution in [0.15, 0.2) is 109 Å². The number of unbranched alkanes of at least 4 members (excludes halogenated alkanes) is 6. The van der Waals surface area contributed by atoms with Gasteiger partial charge in [-0.2, -0.15) is 0 Å². The Kier molecular flexibility index (Phi) is 10.8. The van der Waals surface area contributed by atoms with Gasteiger partial charge in [-0.15, -0.1) is 0 Å². The summed E-state index contributed by atoms with van der Waals surface area (Å²) in [4.78, 5) is 0. The summed E-state index contributed by atoms with van der Waals surface area (Å²) in [5.74, 6) is 1.85. The lowest BCUT2D eigenvalue weighted by atomic mass is 10.1. The Morgan fingerprint density at radius 3 is 1.58 bits per heavy atom. The minimum Gasteiger partial charge on any atom is -0.497 e. The van der Waals surface area contributed by atoms with Crippen molar-refractivity contribution in [1.82, 2.24) is 0 Å². The molecule has 198 valence electrons. The van der Waals surface area contributed by atoms with Crippen LogP contribution in [0.5, 0.6) is 11.5 Å². The maximum absolute atomic E-state index is 6.48. The average Bonchev–Trinajstić information content (AvgIpc) is 2.99. The first kappa shape index (κ1) is 27.9. The van der Waals surface area contributed by atoms with Crippen molar-refractivity contribution in [3.63, 3.8) is 0 Å². The van der Waals surface area contributed by atoms with E-state index in [1.54, 1.807) is 7.11 Å². The molecule has 0 aliphatic rings. The third kappa shape index (κ3) is 7.06. The van der Waals surface area contributed by atoms with Crippen LogP contribution in [0.4, 0.5) is 0 Å². The van der Waals surface area contributed by atoms with Gasteiger partial charge in [0.25, 0.3) is 0 Å². The van der Waals surface area contributed by atoms with Gasteiger partial charge in [-0.3, -0.25) is 0 Å². The highest BCUT2D eigenvalue weighted by molar-refractivity contribution is 7.95. The Morgan fingerprint density at radius 1 is 0.579 bits per heavy atom. The second kappa shape index (κ2) is 14.7. The van der Waals surface area contributed by atoms with Crippen LogP contribution in [0.3, 0.4) is 0 Å². The van der Waals surface area contributed by atoms with Crippen molar-refractivity contribution in [3.05, 3.63) is 115 Å². The van der Waals surface area contributed by atoms with E-state index < -0.39 is 7.26 Å². The normalized spacial score (nSPS) is 11.3. The van der Waals surface area contributed by atoms with Crippen molar-refractivity contribution >= 4 is 23.2 Å². The lowest BCUT2D eigenvalue weighted by Gasteiger charge is -2.28. The van der Waals surface area contributed by atoms with Crippen LogP contribution in [-0.2, 0) is 6.16 Å². The monoisotopic (exact) mass is 525 g/mol. The quantitative estimate of drug-likeness (QED) is 0.115. The van der Waals surface area contributed by atoms with Crippen LogP contribution in [0.25, 0.3) is 0 Å². The predicted octanol–water partition coefficient (Wildman–Crippen LogP) is 8.32. The first-order valence-corrected chi connectivity index (χ1v) is 16.1. The number of ether oxygens (including phenoxy) is 2. The first-order chi connectivity index (χ1) is 18.8. The fourth-order valence-electron chi connectivity index (χ4n) is 5.21. The largest absolute Gasteiger partial charge is 0.497 e. The second-order valence-electron chi connectivity index (χ2n) is 9.92. The number of methoxy groups -OCH3 is 1. The van der Waals surface area contributed by atoms with Crippen molar-refractivity contribution in [3.8, 4) is 11.5 Å². The zero-order chi connectivity index (χ0) is 26.5. The van der Waals surface area contributed by atoms with Crippen molar-refractivity contribution < 1.29 is 9.47 Å². The molecule has 0 unspecified atom stereocenters. The van der Waals surface area contributed by atoms with E-state index in [1.165, 1.54) is 60.0 Å². The molecule has 4 aromatic rings. The molecule has 0 amide bonds. The molecule has 38 heavy (non-hydrogen) atoms. The van der Waals surface area contributed by atoms with Gasteiger partial charge in [0.15, 0.2) is 0 Å². The molecule has 0 fully saturated rings. The van der Waals surface area contributed by atoms with E-state index >= 15 is 0 Å². The third-order valence-electron chi connectivity index (χ3n) is 7.27. The molecule has 3 heteroatoms. The Hall–Kier alpha value is -3.09. The lowest BCUT2D eigenvalue weighted by molar-refractivity contribution is 0.301. The van der Waals surface area contributed by atoms with Gasteiger partial charge < -0.3 is 9.47 Å². The number of benzene rings is 4. The van der Waals surface area contributed by atoms with Crippen LogP contribution in [-0.4, -0.2) is 13.7 Å². The summed E-state index contributed by atoms with van der Waals surface area (Å²) >= 11 is 0. The van der Waals surface area contributed by atoms with Crippen molar-refractivity contribution in [2.24, 2.45) is 0 Å². The molecular formula is C35H42O2P+. The van der Waals surface area contributed by atoms with E-state index in [4.69, 9.17) is 9.47 Å². The van der Waals surface area contributed by atoms with Crippen molar-refractivity contribution in [1.29, 1.82) is 0 Å². The first-order valence-electron chi connectivity index (χ1n) is 14.1. The average molecular weight is 526 g/mol. The molecule has 0 radical (unpaired) electrons. The highest BCUT2D eigenvalue weighted by Crippen LogP contribution is 2.59. The van der Waals surface area contributed by atoms with E-state index in [2.05, 4.69) is 110 Å². The minimum absolute atomic E-state index is 0.751. The molecule has 0 bridgehead atoms. The van der Waals surface area contributed by atoms with Gasteiger partial charge in [0.1, 0.15) is 40.8 Å². The Morgan fingerprint density at radius 2 is 1.08 bits per heavy atom. The number of hydrogen-bond donors (Lipinski definition) is 0. The molecule has 4 aromatic carbocycles. The zero-order valence-corrected chi connectivity index (χ0v) is 23.9. The summed E-state index contributed by atoms with van der Waals surface area (Å²) in [5, 5.41) is 4.12. The summed E-state index contributed by atoms with van der Waals surface area (Å²) in [5.41, 5.74) is 1.21. The molecule has 0 aromatic heterocycles. The minimum atomic E-state index is -2.03. The van der Waals surface area contributed by atoms with Crippen LogP contribution in [0, 0.1) is 0 Å². The predicted molar refractivity (Wildman–Crippen MR) is 165 cm³/mol. The van der Waals surface area contributed by atoms with Gasteiger partial charge in [0, 0.05) is 5.56 Å². The lowest BCUT2D eigenvalue weighted by Crippen LogP contribution is -2.32. The van der Waals surface area contributed by atoms with E-state index in [0.717, 1.165) is 30.7 Å². The second-order valence-corrected chi connectivity index (χ2v) is 13.4. The Labute approximate surface area is 230 Å². The highest BCUT2D eigenvalue weighted by atomic mass is 31.2. The number of rotatable bonds is 15. The molecule has 0 heterocycles. The van der Waals surface area contributed by atoms with Crippen LogP contribution in [0.2, 0.25) is 0 Å². The molecule has 2 nitrogen and oxygen atoms in total. The van der Waals surface area contributed by atoms with Gasteiger partial charge >= 0.3 is 0 Å². The molecule has 4 rings (SSSR count). The van der Waals surface area contributed by atoms with Crippen molar-refractivity contribution in [2.75, 3.05) is 13.7 Å². The summed E-state index contributed by atoms with van der Waals surface area (Å²) in [7, 11) is -0.286. The van der Waals surface area contributed by atoms with Crippen LogP contribution >= 0.6 is 7.26 Å². The fraction of sp³-hybridized carbons (Fsp3) is 0.314. The molecule has 0 spiro atoms. The zero-order valence-electron chi connectivity index (χ0n) is 23.0. The topological polar surface area (TPSA) is 18.5 Å². The molecular weight excluding hydrogens is 483 g/mol. The van der Waals surface area contributed by atoms with E-state index in [1.807, 2.05) is 6.07 Å². The molecule has 0 saturated carbocycles. The Balaban J connectivity index is 1.68. The van der Waals surface area contributed by atoms with Gasteiger partial charge in [-0.05, 0) is 61.0 Å². The number of hydrogen-bond acceptors (Lipinski definition) is 2.